The molecule has 0 aromatic heterocycles. The Morgan fingerprint density at radius 3 is 2.53 bits per heavy atom. The molecule has 19 heavy (non-hydrogen) atoms. The summed E-state index contributed by atoms with van der Waals surface area (Å²) in [6, 6.07) is 5.29. The number of anilines is 1. The van der Waals surface area contributed by atoms with Crippen LogP contribution in [0, 0.1) is 5.82 Å². The number of benzene rings is 1. The molecule has 0 radical (unpaired) electrons. The first-order valence-electron chi connectivity index (χ1n) is 5.62. The molecule has 0 saturated heterocycles. The van der Waals surface area contributed by atoms with Gasteiger partial charge < -0.3 is 4.74 Å². The van der Waals surface area contributed by atoms with E-state index in [2.05, 4.69) is 0 Å². The first-order chi connectivity index (χ1) is 8.91. The SMILES string of the molecule is CCOC(=O)N(NS(=O)(=O)CC)c1ccccc1F. The lowest BCUT2D eigenvalue weighted by Gasteiger charge is -2.22. The van der Waals surface area contributed by atoms with Crippen LogP contribution >= 0.6 is 0 Å². The third kappa shape index (κ3) is 4.18. The summed E-state index contributed by atoms with van der Waals surface area (Å²) in [7, 11) is -3.74. The summed E-state index contributed by atoms with van der Waals surface area (Å²) in [6.07, 6.45) is -0.996. The first-order valence-corrected chi connectivity index (χ1v) is 7.28. The van der Waals surface area contributed by atoms with Gasteiger partial charge in [-0.25, -0.2) is 17.6 Å². The third-order valence-electron chi connectivity index (χ3n) is 2.15. The highest BCUT2D eigenvalue weighted by Crippen LogP contribution is 2.18. The van der Waals surface area contributed by atoms with Gasteiger partial charge in [-0.15, -0.1) is 4.83 Å². The fourth-order valence-corrected chi connectivity index (χ4v) is 1.79. The van der Waals surface area contributed by atoms with Crippen molar-refractivity contribution < 1.29 is 22.3 Å². The molecule has 1 rings (SSSR count). The van der Waals surface area contributed by atoms with Crippen molar-refractivity contribution in [1.29, 1.82) is 0 Å². The van der Waals surface area contributed by atoms with Crippen LogP contribution in [0.15, 0.2) is 24.3 Å². The molecule has 0 bridgehead atoms. The van der Waals surface area contributed by atoms with E-state index in [-0.39, 0.29) is 18.0 Å². The van der Waals surface area contributed by atoms with Crippen molar-refractivity contribution in [3.63, 3.8) is 0 Å². The second-order valence-corrected chi connectivity index (χ2v) is 5.47. The Labute approximate surface area is 111 Å². The van der Waals surface area contributed by atoms with Crippen molar-refractivity contribution in [1.82, 2.24) is 4.83 Å². The van der Waals surface area contributed by atoms with E-state index in [1.54, 1.807) is 6.92 Å². The molecule has 0 unspecified atom stereocenters. The lowest BCUT2D eigenvalue weighted by molar-refractivity contribution is 0.158. The molecule has 106 valence electrons. The maximum Gasteiger partial charge on any atom is 0.430 e. The van der Waals surface area contributed by atoms with Crippen molar-refractivity contribution in [2.24, 2.45) is 0 Å². The number of ether oxygens (including phenoxy) is 1. The Bertz CT molecular complexity index is 547. The molecule has 0 aliphatic rings. The zero-order valence-electron chi connectivity index (χ0n) is 10.6. The number of carbonyl (C=O) groups is 1. The van der Waals surface area contributed by atoms with Gasteiger partial charge in [0, 0.05) is 0 Å². The van der Waals surface area contributed by atoms with Crippen molar-refractivity contribution in [2.75, 3.05) is 17.4 Å². The highest BCUT2D eigenvalue weighted by molar-refractivity contribution is 7.89. The number of para-hydroxylation sites is 1. The smallest absolute Gasteiger partial charge is 0.430 e. The van der Waals surface area contributed by atoms with Crippen LogP contribution in [0.4, 0.5) is 14.9 Å². The minimum Gasteiger partial charge on any atom is -0.448 e. The van der Waals surface area contributed by atoms with Gasteiger partial charge in [-0.3, -0.25) is 0 Å². The normalized spacial score (nSPS) is 11.1. The minimum absolute atomic E-state index is 0.0393. The van der Waals surface area contributed by atoms with E-state index < -0.39 is 21.9 Å². The number of nitrogens with one attached hydrogen (secondary N) is 1. The van der Waals surface area contributed by atoms with Crippen molar-refractivity contribution >= 4 is 21.8 Å². The maximum atomic E-state index is 13.6. The van der Waals surface area contributed by atoms with E-state index >= 15 is 0 Å². The average Bonchev–Trinajstić information content (AvgIpc) is 2.37. The van der Waals surface area contributed by atoms with Gasteiger partial charge in [0.15, 0.2) is 0 Å². The Morgan fingerprint density at radius 2 is 2.00 bits per heavy atom. The van der Waals surface area contributed by atoms with Gasteiger partial charge in [0.2, 0.25) is 10.0 Å². The molecule has 8 heteroatoms. The van der Waals surface area contributed by atoms with Crippen LogP contribution in [-0.4, -0.2) is 26.9 Å². The summed E-state index contributed by atoms with van der Waals surface area (Å²) in [4.78, 5) is 13.7. The van der Waals surface area contributed by atoms with E-state index in [1.807, 2.05) is 4.83 Å². The molecule has 0 aliphatic heterocycles. The molecule has 0 spiro atoms. The number of hydrogen-bond acceptors (Lipinski definition) is 4. The van der Waals surface area contributed by atoms with Gasteiger partial charge in [-0.05, 0) is 26.0 Å². The Kier molecular flexibility index (Phi) is 5.25. The second kappa shape index (κ2) is 6.48. The number of halogens is 1. The van der Waals surface area contributed by atoms with Crippen LogP contribution < -0.4 is 9.84 Å². The van der Waals surface area contributed by atoms with Crippen LogP contribution in [0.1, 0.15) is 13.8 Å². The zero-order chi connectivity index (χ0) is 14.5. The zero-order valence-corrected chi connectivity index (χ0v) is 11.4. The fraction of sp³-hybridized carbons (Fsp3) is 0.364. The molecule has 6 nitrogen and oxygen atoms in total. The molecule has 1 aromatic rings. The van der Waals surface area contributed by atoms with Crippen LogP contribution in [0.3, 0.4) is 0 Å². The molecule has 0 atom stereocenters. The highest BCUT2D eigenvalue weighted by Gasteiger charge is 2.24. The monoisotopic (exact) mass is 290 g/mol. The maximum absolute atomic E-state index is 13.6. The molecule has 0 heterocycles. The summed E-state index contributed by atoms with van der Waals surface area (Å²) in [5.74, 6) is -0.994. The Hall–Kier alpha value is -1.67. The van der Waals surface area contributed by atoms with E-state index in [9.17, 15) is 17.6 Å². The highest BCUT2D eigenvalue weighted by atomic mass is 32.2. The Morgan fingerprint density at radius 1 is 1.37 bits per heavy atom. The molecule has 1 aromatic carbocycles. The van der Waals surface area contributed by atoms with Crippen molar-refractivity contribution in [2.45, 2.75) is 13.8 Å². The number of rotatable bonds is 5. The number of hydrogen-bond donors (Lipinski definition) is 1. The summed E-state index contributed by atoms with van der Waals surface area (Å²) in [6.45, 7) is 3.00. The van der Waals surface area contributed by atoms with E-state index in [4.69, 9.17) is 4.74 Å². The molecule has 1 N–H and O–H groups in total. The standard InChI is InChI=1S/C11H15FN2O4S/c1-3-18-11(15)14(13-19(16,17)4-2)10-8-6-5-7-9(10)12/h5-8,13H,3-4H2,1-2H3. The first kappa shape index (κ1) is 15.4. The molecular formula is C11H15FN2O4S. The second-order valence-electron chi connectivity index (χ2n) is 3.48. The van der Waals surface area contributed by atoms with Crippen LogP contribution in [0.5, 0.6) is 0 Å². The van der Waals surface area contributed by atoms with Gasteiger partial charge in [0.1, 0.15) is 11.5 Å². The number of nitrogens with zero attached hydrogens (tertiary/aromatic N) is 1. The molecular weight excluding hydrogens is 275 g/mol. The largest absolute Gasteiger partial charge is 0.448 e. The predicted octanol–water partition coefficient (Wildman–Crippen LogP) is 1.64. The van der Waals surface area contributed by atoms with Crippen LogP contribution in [0.2, 0.25) is 0 Å². The molecule has 0 saturated carbocycles. The van der Waals surface area contributed by atoms with Gasteiger partial charge >= 0.3 is 6.09 Å². The van der Waals surface area contributed by atoms with E-state index in [0.29, 0.717) is 5.01 Å². The van der Waals surface area contributed by atoms with E-state index in [1.165, 1.54) is 25.1 Å². The lowest BCUT2D eigenvalue weighted by Crippen LogP contribution is -2.47. The number of amides is 1. The van der Waals surface area contributed by atoms with Crippen LogP contribution in [-0.2, 0) is 14.8 Å². The van der Waals surface area contributed by atoms with Crippen LogP contribution in [0.25, 0.3) is 0 Å². The lowest BCUT2D eigenvalue weighted by atomic mass is 10.3. The topological polar surface area (TPSA) is 75.7 Å². The summed E-state index contributed by atoms with van der Waals surface area (Å²) >= 11 is 0. The predicted molar refractivity (Wildman–Crippen MR) is 68.5 cm³/mol. The minimum atomic E-state index is -3.74. The van der Waals surface area contributed by atoms with Gasteiger partial charge in [-0.1, -0.05) is 12.1 Å². The molecule has 0 fully saturated rings. The quantitative estimate of drug-likeness (QED) is 0.836. The van der Waals surface area contributed by atoms with Gasteiger partial charge in [0.25, 0.3) is 0 Å². The summed E-state index contributed by atoms with van der Waals surface area (Å²) < 4.78 is 41.4. The van der Waals surface area contributed by atoms with Gasteiger partial charge in [0.05, 0.1) is 12.4 Å². The summed E-state index contributed by atoms with van der Waals surface area (Å²) in [5, 5.41) is 0.539. The van der Waals surface area contributed by atoms with Gasteiger partial charge in [-0.2, -0.15) is 5.01 Å². The van der Waals surface area contributed by atoms with Crippen molar-refractivity contribution in [3.8, 4) is 0 Å². The number of sulfonamides is 1. The fourth-order valence-electron chi connectivity index (χ4n) is 1.21. The molecule has 0 aliphatic carbocycles. The summed E-state index contributed by atoms with van der Waals surface area (Å²) in [5.41, 5.74) is -0.224. The number of hydrazine groups is 1. The Balaban J connectivity index is 3.13. The molecule has 1 amide bonds. The number of carbonyl (C=O) groups excluding carboxylic acids is 1. The van der Waals surface area contributed by atoms with Crippen molar-refractivity contribution in [3.05, 3.63) is 30.1 Å². The average molecular weight is 290 g/mol. The van der Waals surface area contributed by atoms with E-state index in [0.717, 1.165) is 6.07 Å². The third-order valence-corrected chi connectivity index (χ3v) is 3.37.